The number of aromatic hydroxyl groups is 1. The summed E-state index contributed by atoms with van der Waals surface area (Å²) in [5, 5.41) is 11.2. The highest BCUT2D eigenvalue weighted by atomic mass is 16.5. The number of carbonyl (C=O) groups excluding carboxylic acids is 1. The van der Waals surface area contributed by atoms with Crippen molar-refractivity contribution < 1.29 is 19.4 Å². The molecule has 0 spiro atoms. The average molecular weight is 498 g/mol. The van der Waals surface area contributed by atoms with E-state index in [1.165, 1.54) is 0 Å². The van der Waals surface area contributed by atoms with E-state index in [-0.39, 0.29) is 41.5 Å². The Morgan fingerprint density at radius 1 is 1.22 bits per heavy atom. The van der Waals surface area contributed by atoms with Gasteiger partial charge in [0.2, 0.25) is 0 Å². The molecule has 0 radical (unpaired) electrons. The lowest BCUT2D eigenvalue weighted by Crippen LogP contribution is -2.30. The Morgan fingerprint density at radius 3 is 2.69 bits per heavy atom. The maximum atomic E-state index is 12.3. The minimum Gasteiger partial charge on any atom is -0.504 e. The van der Waals surface area contributed by atoms with Gasteiger partial charge in [0.15, 0.2) is 23.2 Å². The third-order valence-electron chi connectivity index (χ3n) is 7.13. The standard InChI is InChI=1S/C29H43N3O4/c1-3-4-5-8-24(33)13-11-20-15-23(28(34)27(17-20)36-25-9-6-7-10-25)18-22-16-21(19-32-29(30)31)12-14-26(22)35-2/h5,8,12,14-15,17,21-22,25-26,34H,3-4,6-7,9-11,13,16,18-19H2,1-2H3,(H4,30,31,32). The Labute approximate surface area is 215 Å². The lowest BCUT2D eigenvalue weighted by molar-refractivity contribution is -0.114. The zero-order valence-electron chi connectivity index (χ0n) is 21.8. The summed E-state index contributed by atoms with van der Waals surface area (Å²) in [6, 6.07) is 3.94. The van der Waals surface area contributed by atoms with Crippen LogP contribution < -0.4 is 16.2 Å². The van der Waals surface area contributed by atoms with Gasteiger partial charge in [0, 0.05) is 20.1 Å². The topological polar surface area (TPSA) is 120 Å². The van der Waals surface area contributed by atoms with E-state index >= 15 is 0 Å². The van der Waals surface area contributed by atoms with Gasteiger partial charge in [-0.1, -0.05) is 37.6 Å². The van der Waals surface area contributed by atoms with E-state index in [4.69, 9.17) is 20.9 Å². The summed E-state index contributed by atoms with van der Waals surface area (Å²) in [5.74, 6) is 1.29. The highest BCUT2D eigenvalue weighted by Crippen LogP contribution is 2.38. The van der Waals surface area contributed by atoms with E-state index in [1.54, 1.807) is 13.2 Å². The van der Waals surface area contributed by atoms with Crippen LogP contribution in [-0.2, 0) is 22.4 Å². The fourth-order valence-electron chi connectivity index (χ4n) is 5.17. The molecular formula is C29H43N3O4. The number of aliphatic imine (C=N–C) groups is 1. The van der Waals surface area contributed by atoms with E-state index in [9.17, 15) is 9.90 Å². The van der Waals surface area contributed by atoms with Crippen molar-refractivity contribution in [2.24, 2.45) is 28.3 Å². The van der Waals surface area contributed by atoms with Gasteiger partial charge in [-0.3, -0.25) is 9.79 Å². The van der Waals surface area contributed by atoms with Crippen molar-refractivity contribution >= 4 is 11.7 Å². The average Bonchev–Trinajstić information content (AvgIpc) is 3.37. The van der Waals surface area contributed by atoms with Crippen LogP contribution in [0.3, 0.4) is 0 Å². The number of ketones is 1. The zero-order valence-corrected chi connectivity index (χ0v) is 21.8. The van der Waals surface area contributed by atoms with Crippen molar-refractivity contribution in [1.29, 1.82) is 0 Å². The minimum absolute atomic E-state index is 0.0620. The molecule has 36 heavy (non-hydrogen) atoms. The van der Waals surface area contributed by atoms with Gasteiger partial charge in [0.25, 0.3) is 0 Å². The number of methoxy groups -OCH3 is 1. The van der Waals surface area contributed by atoms with E-state index in [0.29, 0.717) is 31.6 Å². The number of ether oxygens (including phenoxy) is 2. The molecule has 1 aromatic carbocycles. The first-order chi connectivity index (χ1) is 17.4. The third-order valence-corrected chi connectivity index (χ3v) is 7.13. The third kappa shape index (κ3) is 8.40. The van der Waals surface area contributed by atoms with Gasteiger partial charge in [-0.2, -0.15) is 0 Å². The van der Waals surface area contributed by atoms with Gasteiger partial charge in [-0.15, -0.1) is 0 Å². The van der Waals surface area contributed by atoms with Crippen LogP contribution in [0.1, 0.15) is 69.4 Å². The molecule has 0 aliphatic heterocycles. The Bertz CT molecular complexity index is 946. The summed E-state index contributed by atoms with van der Waals surface area (Å²) in [4.78, 5) is 16.5. The van der Waals surface area contributed by atoms with Crippen molar-refractivity contribution in [3.8, 4) is 11.5 Å². The Morgan fingerprint density at radius 2 is 2.00 bits per heavy atom. The van der Waals surface area contributed by atoms with Crippen molar-refractivity contribution in [2.45, 2.75) is 83.3 Å². The van der Waals surface area contributed by atoms with E-state index in [0.717, 1.165) is 56.1 Å². The molecule has 0 heterocycles. The second-order valence-electron chi connectivity index (χ2n) is 10.1. The van der Waals surface area contributed by atoms with E-state index in [2.05, 4.69) is 24.1 Å². The second kappa shape index (κ2) is 14.1. The van der Waals surface area contributed by atoms with Gasteiger partial charge >= 0.3 is 0 Å². The van der Waals surface area contributed by atoms with Crippen molar-refractivity contribution in [2.75, 3.05) is 13.7 Å². The number of phenolic OH excluding ortho intramolecular Hbond substituents is 1. The number of nitrogens with two attached hydrogens (primary N) is 2. The maximum absolute atomic E-state index is 12.3. The quantitative estimate of drug-likeness (QED) is 0.159. The minimum atomic E-state index is -0.0620. The smallest absolute Gasteiger partial charge is 0.185 e. The number of hydrogen-bond donors (Lipinski definition) is 3. The molecule has 0 aromatic heterocycles. The van der Waals surface area contributed by atoms with Crippen LogP contribution in [0.15, 0.2) is 41.4 Å². The lowest BCUT2D eigenvalue weighted by atomic mass is 9.80. The molecule has 1 saturated carbocycles. The summed E-state index contributed by atoms with van der Waals surface area (Å²) in [6.45, 7) is 2.62. The molecule has 7 heteroatoms. The number of carbonyl (C=O) groups is 1. The molecule has 3 unspecified atom stereocenters. The number of benzene rings is 1. The first-order valence-corrected chi connectivity index (χ1v) is 13.4. The van der Waals surface area contributed by atoms with Crippen LogP contribution in [-0.4, -0.2) is 42.7 Å². The van der Waals surface area contributed by atoms with Gasteiger partial charge in [-0.05, 0) is 86.5 Å². The van der Waals surface area contributed by atoms with E-state index in [1.807, 2.05) is 18.2 Å². The summed E-state index contributed by atoms with van der Waals surface area (Å²) < 4.78 is 12.0. The first-order valence-electron chi connectivity index (χ1n) is 13.4. The molecule has 0 bridgehead atoms. The summed E-state index contributed by atoms with van der Waals surface area (Å²) in [5.41, 5.74) is 12.9. The number of phenols is 1. The molecular weight excluding hydrogens is 454 g/mol. The van der Waals surface area contributed by atoms with Crippen molar-refractivity contribution in [3.63, 3.8) is 0 Å². The predicted octanol–water partition coefficient (Wildman–Crippen LogP) is 4.59. The number of allylic oxidation sites excluding steroid dienone is 2. The number of rotatable bonds is 13. The van der Waals surface area contributed by atoms with Crippen LogP contribution in [0.2, 0.25) is 0 Å². The fraction of sp³-hybridized carbons (Fsp3) is 0.586. The van der Waals surface area contributed by atoms with Gasteiger partial charge in [-0.25, -0.2) is 0 Å². The summed E-state index contributed by atoms with van der Waals surface area (Å²) in [6.07, 6.45) is 16.6. The van der Waals surface area contributed by atoms with Crippen LogP contribution in [0.5, 0.6) is 11.5 Å². The second-order valence-corrected chi connectivity index (χ2v) is 10.1. The van der Waals surface area contributed by atoms with Gasteiger partial charge in [0.1, 0.15) is 0 Å². The van der Waals surface area contributed by atoms with Gasteiger partial charge in [0.05, 0.1) is 12.2 Å². The zero-order chi connectivity index (χ0) is 25.9. The SMILES string of the molecule is CCCC=CC(=O)CCc1cc(CC2CC(CN=C(N)N)C=CC2OC)c(O)c(OC2CCCC2)c1. The number of nitrogens with zero attached hydrogens (tertiary/aromatic N) is 1. The number of guanidine groups is 1. The molecule has 3 rings (SSSR count). The van der Waals surface area contributed by atoms with Crippen LogP contribution >= 0.6 is 0 Å². The molecule has 1 fully saturated rings. The first kappa shape index (κ1) is 27.8. The Balaban J connectivity index is 1.80. The number of aryl methyl sites for hydroxylation is 1. The molecule has 3 atom stereocenters. The highest BCUT2D eigenvalue weighted by Gasteiger charge is 2.29. The van der Waals surface area contributed by atoms with Crippen molar-refractivity contribution in [1.82, 2.24) is 0 Å². The molecule has 2 aliphatic carbocycles. The summed E-state index contributed by atoms with van der Waals surface area (Å²) in [7, 11) is 1.71. The Kier molecular flexibility index (Phi) is 10.9. The number of hydrogen-bond acceptors (Lipinski definition) is 5. The molecule has 7 nitrogen and oxygen atoms in total. The molecule has 5 N–H and O–H groups in total. The number of unbranched alkanes of at least 4 members (excludes halogenated alkanes) is 1. The van der Waals surface area contributed by atoms with E-state index < -0.39 is 0 Å². The molecule has 0 amide bonds. The highest BCUT2D eigenvalue weighted by molar-refractivity contribution is 5.89. The van der Waals surface area contributed by atoms with Crippen molar-refractivity contribution in [3.05, 3.63) is 47.6 Å². The predicted molar refractivity (Wildman–Crippen MR) is 144 cm³/mol. The van der Waals surface area contributed by atoms with Crippen LogP contribution in [0, 0.1) is 11.8 Å². The van der Waals surface area contributed by atoms with Crippen LogP contribution in [0.4, 0.5) is 0 Å². The molecule has 2 aliphatic rings. The normalized spacial score (nSPS) is 22.2. The maximum Gasteiger partial charge on any atom is 0.185 e. The fourth-order valence-corrected chi connectivity index (χ4v) is 5.17. The monoisotopic (exact) mass is 497 g/mol. The lowest BCUT2D eigenvalue weighted by Gasteiger charge is -2.31. The molecule has 0 saturated heterocycles. The molecule has 198 valence electrons. The summed E-state index contributed by atoms with van der Waals surface area (Å²) >= 11 is 0. The molecule has 1 aromatic rings. The Hall–Kier alpha value is -2.80. The largest absolute Gasteiger partial charge is 0.504 e. The van der Waals surface area contributed by atoms with Crippen LogP contribution in [0.25, 0.3) is 0 Å². The van der Waals surface area contributed by atoms with Gasteiger partial charge < -0.3 is 26.0 Å².